The van der Waals surface area contributed by atoms with Gasteiger partial charge in [0.1, 0.15) is 0 Å². The molecular formula is C6H10N2S. The van der Waals surface area contributed by atoms with Crippen LogP contribution in [0.3, 0.4) is 0 Å². The van der Waals surface area contributed by atoms with Gasteiger partial charge in [-0.3, -0.25) is 0 Å². The molecule has 0 saturated heterocycles. The summed E-state index contributed by atoms with van der Waals surface area (Å²) < 4.78 is 0. The Kier molecular flexibility index (Phi) is 3.98. The van der Waals surface area contributed by atoms with Crippen LogP contribution in [0.2, 0.25) is 0 Å². The smallest absolute Gasteiger partial charge is 0.0974 e. The van der Waals surface area contributed by atoms with Gasteiger partial charge in [-0.05, 0) is 6.42 Å². The van der Waals surface area contributed by atoms with Crippen LogP contribution in [-0.4, -0.2) is 7.05 Å². The Morgan fingerprint density at radius 2 is 2.33 bits per heavy atom. The second kappa shape index (κ2) is 4.28. The van der Waals surface area contributed by atoms with Crippen LogP contribution in [0.15, 0.2) is 10.6 Å². The highest BCUT2D eigenvalue weighted by Crippen LogP contribution is 2.06. The fraction of sp³-hybridized carbons (Fsp3) is 0.500. The molecule has 0 aromatic heterocycles. The number of thiol groups is 1. The van der Waals surface area contributed by atoms with Crippen molar-refractivity contribution in [3.05, 3.63) is 10.6 Å². The fourth-order valence-corrected chi connectivity index (χ4v) is 0.658. The van der Waals surface area contributed by atoms with Gasteiger partial charge in [-0.25, -0.2) is 0 Å². The van der Waals surface area contributed by atoms with Crippen LogP contribution in [0.4, 0.5) is 0 Å². The first kappa shape index (κ1) is 8.38. The zero-order valence-corrected chi connectivity index (χ0v) is 6.50. The maximum absolute atomic E-state index is 8.43. The largest absolute Gasteiger partial charge is 0.382 e. The van der Waals surface area contributed by atoms with Gasteiger partial charge in [0, 0.05) is 7.05 Å². The molecule has 0 aliphatic heterocycles. The van der Waals surface area contributed by atoms with Crippen LogP contribution < -0.4 is 5.32 Å². The second-order valence-corrected chi connectivity index (χ2v) is 1.99. The van der Waals surface area contributed by atoms with Crippen molar-refractivity contribution in [3.63, 3.8) is 0 Å². The van der Waals surface area contributed by atoms with Crippen LogP contribution in [0.1, 0.15) is 13.3 Å². The Bertz CT molecular complexity index is 155. The standard InChI is InChI=1S/C6H10N2S/c1-3-5(4-7)6(9)8-2/h8-9H,3H2,1-2H3/b6-5-. The van der Waals surface area contributed by atoms with Crippen LogP contribution in [0.5, 0.6) is 0 Å². The third-order valence-electron chi connectivity index (χ3n) is 1.01. The third-order valence-corrected chi connectivity index (χ3v) is 1.50. The van der Waals surface area contributed by atoms with Gasteiger partial charge in [0.2, 0.25) is 0 Å². The first-order chi connectivity index (χ1) is 4.26. The van der Waals surface area contributed by atoms with E-state index < -0.39 is 0 Å². The Balaban J connectivity index is 4.24. The Hall–Kier alpha value is -0.620. The maximum atomic E-state index is 8.43. The summed E-state index contributed by atoms with van der Waals surface area (Å²) in [6.07, 6.45) is 0.732. The van der Waals surface area contributed by atoms with Gasteiger partial charge in [0.15, 0.2) is 0 Å². The molecule has 50 valence electrons. The van der Waals surface area contributed by atoms with E-state index in [1.54, 1.807) is 7.05 Å². The minimum Gasteiger partial charge on any atom is -0.382 e. The lowest BCUT2D eigenvalue weighted by Crippen LogP contribution is -2.02. The lowest BCUT2D eigenvalue weighted by atomic mass is 10.2. The predicted molar refractivity (Wildman–Crippen MR) is 41.0 cm³/mol. The molecule has 1 N–H and O–H groups in total. The summed E-state index contributed by atoms with van der Waals surface area (Å²) in [6.45, 7) is 1.92. The molecule has 0 aliphatic rings. The lowest BCUT2D eigenvalue weighted by molar-refractivity contribution is 1.02. The SMILES string of the molecule is CC/C(C#N)=C(/S)NC. The molecule has 0 saturated carbocycles. The van der Waals surface area contributed by atoms with Gasteiger partial charge in [0.05, 0.1) is 16.7 Å². The number of rotatable bonds is 2. The average molecular weight is 142 g/mol. The summed E-state index contributed by atoms with van der Waals surface area (Å²) >= 11 is 4.03. The molecule has 9 heavy (non-hydrogen) atoms. The lowest BCUT2D eigenvalue weighted by Gasteiger charge is -1.98. The molecule has 0 aliphatic carbocycles. The fourth-order valence-electron chi connectivity index (χ4n) is 0.450. The second-order valence-electron chi connectivity index (χ2n) is 1.54. The molecule has 0 aromatic rings. The summed E-state index contributed by atoms with van der Waals surface area (Å²) in [4.78, 5) is 0. The van der Waals surface area contributed by atoms with Crippen molar-refractivity contribution in [2.24, 2.45) is 0 Å². The number of hydrogen-bond donors (Lipinski definition) is 2. The van der Waals surface area contributed by atoms with Crippen molar-refractivity contribution in [1.29, 1.82) is 5.26 Å². The number of allylic oxidation sites excluding steroid dienone is 1. The van der Waals surface area contributed by atoms with Gasteiger partial charge >= 0.3 is 0 Å². The van der Waals surface area contributed by atoms with Crippen molar-refractivity contribution >= 4 is 12.6 Å². The average Bonchev–Trinajstić information content (AvgIpc) is 1.90. The molecule has 0 amide bonds. The normalized spacial score (nSPS) is 11.8. The molecule has 3 heteroatoms. The summed E-state index contributed by atoms with van der Waals surface area (Å²) in [6, 6.07) is 2.04. The molecule has 0 aromatic carbocycles. The topological polar surface area (TPSA) is 35.8 Å². The van der Waals surface area contributed by atoms with Crippen LogP contribution in [0, 0.1) is 11.3 Å². The van der Waals surface area contributed by atoms with Crippen LogP contribution in [-0.2, 0) is 0 Å². The molecule has 0 heterocycles. The minimum absolute atomic E-state index is 0.667. The van der Waals surface area contributed by atoms with Crippen molar-refractivity contribution in [3.8, 4) is 6.07 Å². The Morgan fingerprint density at radius 3 is 2.44 bits per heavy atom. The quantitative estimate of drug-likeness (QED) is 0.450. The molecule has 0 bridgehead atoms. The number of nitriles is 1. The Labute approximate surface area is 61.0 Å². The van der Waals surface area contributed by atoms with Crippen LogP contribution in [0.25, 0.3) is 0 Å². The van der Waals surface area contributed by atoms with E-state index in [1.165, 1.54) is 0 Å². The van der Waals surface area contributed by atoms with E-state index in [0.29, 0.717) is 10.6 Å². The van der Waals surface area contributed by atoms with Crippen LogP contribution >= 0.6 is 12.6 Å². The number of nitrogens with one attached hydrogen (secondary N) is 1. The molecule has 2 nitrogen and oxygen atoms in total. The number of hydrogen-bond acceptors (Lipinski definition) is 3. The first-order valence-corrected chi connectivity index (χ1v) is 3.21. The van der Waals surface area contributed by atoms with Gasteiger partial charge in [0.25, 0.3) is 0 Å². The third kappa shape index (κ3) is 2.43. The molecule has 0 fully saturated rings. The van der Waals surface area contributed by atoms with Crippen molar-refractivity contribution in [2.75, 3.05) is 7.05 Å². The summed E-state index contributed by atoms with van der Waals surface area (Å²) in [5, 5.41) is 11.9. The van der Waals surface area contributed by atoms with E-state index in [9.17, 15) is 0 Å². The summed E-state index contributed by atoms with van der Waals surface area (Å²) in [7, 11) is 1.75. The van der Waals surface area contributed by atoms with E-state index >= 15 is 0 Å². The molecule has 0 atom stereocenters. The number of nitrogens with zero attached hydrogens (tertiary/aromatic N) is 1. The molecular weight excluding hydrogens is 132 g/mol. The minimum atomic E-state index is 0.667. The highest BCUT2D eigenvalue weighted by molar-refractivity contribution is 7.84. The van der Waals surface area contributed by atoms with Crippen molar-refractivity contribution < 1.29 is 0 Å². The zero-order valence-electron chi connectivity index (χ0n) is 5.60. The monoisotopic (exact) mass is 142 g/mol. The maximum Gasteiger partial charge on any atom is 0.0974 e. The van der Waals surface area contributed by atoms with Gasteiger partial charge in [-0.1, -0.05) is 6.92 Å². The van der Waals surface area contributed by atoms with Gasteiger partial charge in [-0.2, -0.15) is 5.26 Å². The molecule has 0 rings (SSSR count). The molecule has 0 spiro atoms. The van der Waals surface area contributed by atoms with E-state index in [0.717, 1.165) is 6.42 Å². The van der Waals surface area contributed by atoms with Crippen molar-refractivity contribution in [1.82, 2.24) is 5.32 Å². The highest BCUT2D eigenvalue weighted by atomic mass is 32.1. The molecule has 0 radical (unpaired) electrons. The first-order valence-electron chi connectivity index (χ1n) is 2.76. The molecule has 0 unspecified atom stereocenters. The zero-order chi connectivity index (χ0) is 7.28. The van der Waals surface area contributed by atoms with E-state index in [-0.39, 0.29) is 0 Å². The van der Waals surface area contributed by atoms with Crippen molar-refractivity contribution in [2.45, 2.75) is 13.3 Å². The van der Waals surface area contributed by atoms with E-state index in [1.807, 2.05) is 13.0 Å². The predicted octanol–water partition coefficient (Wildman–Crippen LogP) is 1.28. The summed E-state index contributed by atoms with van der Waals surface area (Å²) in [5.74, 6) is 0. The summed E-state index contributed by atoms with van der Waals surface area (Å²) in [5.41, 5.74) is 0.695. The van der Waals surface area contributed by atoms with E-state index in [4.69, 9.17) is 5.26 Å². The Morgan fingerprint density at radius 1 is 1.78 bits per heavy atom. The van der Waals surface area contributed by atoms with Gasteiger partial charge in [-0.15, -0.1) is 12.6 Å². The highest BCUT2D eigenvalue weighted by Gasteiger charge is 1.95. The van der Waals surface area contributed by atoms with E-state index in [2.05, 4.69) is 17.9 Å². The van der Waals surface area contributed by atoms with Gasteiger partial charge < -0.3 is 5.32 Å².